The van der Waals surface area contributed by atoms with Crippen LogP contribution in [0.15, 0.2) is 65.3 Å². The van der Waals surface area contributed by atoms with Gasteiger partial charge in [0.25, 0.3) is 0 Å². The largest absolute Gasteiger partial charge is 0.325 e. The van der Waals surface area contributed by atoms with Gasteiger partial charge in [-0.3, -0.25) is 9.59 Å². The molecule has 5 nitrogen and oxygen atoms in total. The van der Waals surface area contributed by atoms with E-state index in [1.54, 1.807) is 41.9 Å². The molecule has 1 N–H and O–H groups in total. The third-order valence-corrected chi connectivity index (χ3v) is 7.21. The van der Waals surface area contributed by atoms with Crippen molar-refractivity contribution in [1.29, 1.82) is 0 Å². The number of ketones is 1. The van der Waals surface area contributed by atoms with Crippen molar-refractivity contribution in [3.63, 3.8) is 0 Å². The van der Waals surface area contributed by atoms with Gasteiger partial charge >= 0.3 is 0 Å². The summed E-state index contributed by atoms with van der Waals surface area (Å²) in [6, 6.07) is 15.4. The lowest BCUT2D eigenvalue weighted by atomic mass is 10.0. The lowest BCUT2D eigenvalue weighted by molar-refractivity contribution is -0.115. The summed E-state index contributed by atoms with van der Waals surface area (Å²) in [6.07, 6.45) is 2.55. The molecule has 0 aliphatic carbocycles. The zero-order valence-corrected chi connectivity index (χ0v) is 19.7. The number of aromatic nitrogens is 2. The standard InChI is InChI=1S/C25H23N3O2S2/c1-4-17-5-7-19(8-6-17)21-13-31-24-22(21)25(27-14-26-24)32-16(3)23(30)28-20-11-9-18(10-12-20)15(2)29/h5-14,16H,4H2,1-3H3,(H,28,30). The summed E-state index contributed by atoms with van der Waals surface area (Å²) in [7, 11) is 0. The van der Waals surface area contributed by atoms with Crippen molar-refractivity contribution in [3.8, 4) is 11.1 Å². The third kappa shape index (κ3) is 4.74. The molecule has 0 saturated carbocycles. The van der Waals surface area contributed by atoms with Gasteiger partial charge in [0.05, 0.1) is 10.6 Å². The summed E-state index contributed by atoms with van der Waals surface area (Å²) in [4.78, 5) is 34.1. The SMILES string of the molecule is CCc1ccc(-c2csc3ncnc(SC(C)C(=O)Nc4ccc(C(C)=O)cc4)c23)cc1. The predicted molar refractivity (Wildman–Crippen MR) is 133 cm³/mol. The summed E-state index contributed by atoms with van der Waals surface area (Å²) in [5.74, 6) is -0.128. The van der Waals surface area contributed by atoms with E-state index < -0.39 is 0 Å². The van der Waals surface area contributed by atoms with E-state index in [0.717, 1.165) is 32.8 Å². The molecule has 0 aliphatic rings. The highest BCUT2D eigenvalue weighted by molar-refractivity contribution is 8.00. The molecule has 1 amide bonds. The fraction of sp³-hybridized carbons (Fsp3) is 0.200. The van der Waals surface area contributed by atoms with E-state index in [9.17, 15) is 9.59 Å². The van der Waals surface area contributed by atoms with E-state index >= 15 is 0 Å². The van der Waals surface area contributed by atoms with Gasteiger partial charge in [0.15, 0.2) is 5.78 Å². The number of Topliss-reactive ketones (excluding diaryl/α,β-unsaturated/α-hetero) is 1. The minimum atomic E-state index is -0.365. The summed E-state index contributed by atoms with van der Waals surface area (Å²) in [6.45, 7) is 5.52. The molecule has 2 aromatic heterocycles. The molecule has 0 aliphatic heterocycles. The number of benzene rings is 2. The maximum atomic E-state index is 12.8. The second-order valence-corrected chi connectivity index (χ2v) is 9.63. The number of aryl methyl sites for hydroxylation is 1. The van der Waals surface area contributed by atoms with Crippen LogP contribution in [-0.2, 0) is 11.2 Å². The minimum absolute atomic E-state index is 0.00419. The first kappa shape index (κ1) is 22.2. The van der Waals surface area contributed by atoms with Crippen molar-refractivity contribution in [2.75, 3.05) is 5.32 Å². The summed E-state index contributed by atoms with van der Waals surface area (Å²) >= 11 is 3.00. The van der Waals surface area contributed by atoms with Gasteiger partial charge in [-0.05, 0) is 55.7 Å². The molecule has 4 aromatic rings. The van der Waals surface area contributed by atoms with Gasteiger partial charge in [-0.15, -0.1) is 11.3 Å². The van der Waals surface area contributed by atoms with Crippen molar-refractivity contribution in [3.05, 3.63) is 71.4 Å². The monoisotopic (exact) mass is 461 g/mol. The zero-order valence-electron chi connectivity index (χ0n) is 18.1. The highest BCUT2D eigenvalue weighted by atomic mass is 32.2. The molecule has 0 bridgehead atoms. The number of rotatable bonds is 7. The number of hydrogen-bond acceptors (Lipinski definition) is 6. The van der Waals surface area contributed by atoms with Crippen LogP contribution in [0.3, 0.4) is 0 Å². The highest BCUT2D eigenvalue weighted by Gasteiger charge is 2.20. The Morgan fingerprint density at radius 3 is 2.44 bits per heavy atom. The van der Waals surface area contributed by atoms with Crippen molar-refractivity contribution < 1.29 is 9.59 Å². The number of nitrogens with zero attached hydrogens (tertiary/aromatic N) is 2. The highest BCUT2D eigenvalue weighted by Crippen LogP contribution is 2.39. The molecule has 2 aromatic carbocycles. The first-order valence-corrected chi connectivity index (χ1v) is 12.1. The molecule has 0 saturated heterocycles. The Bertz CT molecular complexity index is 1260. The Kier molecular flexibility index (Phi) is 6.67. The smallest absolute Gasteiger partial charge is 0.237 e. The van der Waals surface area contributed by atoms with E-state index in [0.29, 0.717) is 11.3 Å². The lowest BCUT2D eigenvalue weighted by Gasteiger charge is -2.13. The van der Waals surface area contributed by atoms with Gasteiger partial charge in [-0.2, -0.15) is 0 Å². The number of hydrogen-bond donors (Lipinski definition) is 1. The summed E-state index contributed by atoms with van der Waals surface area (Å²) < 4.78 is 0. The molecule has 162 valence electrons. The average Bonchev–Trinajstić information content (AvgIpc) is 3.24. The molecular weight excluding hydrogens is 438 g/mol. The zero-order chi connectivity index (χ0) is 22.7. The first-order valence-electron chi connectivity index (χ1n) is 10.4. The molecule has 1 atom stereocenters. The van der Waals surface area contributed by atoms with Crippen LogP contribution in [0.4, 0.5) is 5.69 Å². The number of thiophene rings is 1. The van der Waals surface area contributed by atoms with Crippen LogP contribution < -0.4 is 5.32 Å². The van der Waals surface area contributed by atoms with Crippen LogP contribution in [0.5, 0.6) is 0 Å². The topological polar surface area (TPSA) is 72.0 Å². The van der Waals surface area contributed by atoms with Gasteiger partial charge in [0.1, 0.15) is 16.2 Å². The van der Waals surface area contributed by atoms with Crippen LogP contribution in [-0.4, -0.2) is 26.9 Å². The summed E-state index contributed by atoms with van der Waals surface area (Å²) in [5.41, 5.74) is 4.77. The molecule has 7 heteroatoms. The van der Waals surface area contributed by atoms with Crippen LogP contribution in [0.2, 0.25) is 0 Å². The first-order chi connectivity index (χ1) is 15.5. The van der Waals surface area contributed by atoms with Gasteiger partial charge in [0.2, 0.25) is 5.91 Å². The number of carbonyl (C=O) groups excluding carboxylic acids is 2. The Hall–Kier alpha value is -3.03. The molecular formula is C25H23N3O2S2. The van der Waals surface area contributed by atoms with E-state index in [-0.39, 0.29) is 16.9 Å². The molecule has 0 fully saturated rings. The predicted octanol–water partition coefficient (Wildman–Crippen LogP) is 6.24. The number of amides is 1. The van der Waals surface area contributed by atoms with Gasteiger partial charge in [-0.1, -0.05) is 43.0 Å². The van der Waals surface area contributed by atoms with Crippen molar-refractivity contribution >= 4 is 50.7 Å². The van der Waals surface area contributed by atoms with E-state index in [2.05, 4.69) is 51.9 Å². The van der Waals surface area contributed by atoms with Crippen LogP contribution in [0, 0.1) is 0 Å². The minimum Gasteiger partial charge on any atom is -0.325 e. The lowest BCUT2D eigenvalue weighted by Crippen LogP contribution is -2.22. The van der Waals surface area contributed by atoms with E-state index in [1.165, 1.54) is 24.2 Å². The Balaban J connectivity index is 1.56. The third-order valence-electron chi connectivity index (χ3n) is 5.23. The number of anilines is 1. The molecule has 4 rings (SSSR count). The molecule has 0 spiro atoms. The van der Waals surface area contributed by atoms with Gasteiger partial charge in [-0.25, -0.2) is 9.97 Å². The summed E-state index contributed by atoms with van der Waals surface area (Å²) in [5, 5.41) is 6.43. The average molecular weight is 462 g/mol. The van der Waals surface area contributed by atoms with Gasteiger partial charge in [0, 0.05) is 22.2 Å². The second-order valence-electron chi connectivity index (χ2n) is 7.44. The quantitative estimate of drug-likeness (QED) is 0.200. The van der Waals surface area contributed by atoms with Crippen LogP contribution >= 0.6 is 23.1 Å². The van der Waals surface area contributed by atoms with Gasteiger partial charge < -0.3 is 5.32 Å². The van der Waals surface area contributed by atoms with Crippen molar-refractivity contribution in [1.82, 2.24) is 9.97 Å². The molecule has 0 radical (unpaired) electrons. The maximum absolute atomic E-state index is 12.8. The number of thioether (sulfide) groups is 1. The molecule has 1 unspecified atom stereocenters. The van der Waals surface area contributed by atoms with Crippen molar-refractivity contribution in [2.24, 2.45) is 0 Å². The normalized spacial score (nSPS) is 12.0. The fourth-order valence-corrected chi connectivity index (χ4v) is 5.24. The van der Waals surface area contributed by atoms with Crippen molar-refractivity contribution in [2.45, 2.75) is 37.5 Å². The Morgan fingerprint density at radius 1 is 1.06 bits per heavy atom. The second kappa shape index (κ2) is 9.63. The number of carbonyl (C=O) groups is 2. The van der Waals surface area contributed by atoms with Crippen LogP contribution in [0.25, 0.3) is 21.3 Å². The number of fused-ring (bicyclic) bond motifs is 1. The van der Waals surface area contributed by atoms with Crippen LogP contribution in [0.1, 0.15) is 36.7 Å². The Morgan fingerprint density at radius 2 is 1.78 bits per heavy atom. The molecule has 32 heavy (non-hydrogen) atoms. The van der Waals surface area contributed by atoms with E-state index in [4.69, 9.17) is 0 Å². The fourth-order valence-electron chi connectivity index (χ4n) is 3.32. The number of nitrogens with one attached hydrogen (secondary N) is 1. The Labute approximate surface area is 195 Å². The molecule has 2 heterocycles. The maximum Gasteiger partial charge on any atom is 0.237 e. The van der Waals surface area contributed by atoms with E-state index in [1.807, 2.05) is 6.92 Å².